The summed E-state index contributed by atoms with van der Waals surface area (Å²) < 4.78 is 4.78. The number of carbonyl (C=O) groups is 3. The van der Waals surface area contributed by atoms with Crippen molar-refractivity contribution < 1.29 is 24.2 Å². The Labute approximate surface area is 149 Å². The molecule has 3 aliphatic carbocycles. The number of nitrogens with one attached hydrogen (secondary N) is 1. The van der Waals surface area contributed by atoms with E-state index in [2.05, 4.69) is 5.32 Å². The molecule has 0 aliphatic heterocycles. The molecular formula is C18H21NO5S. The molecule has 3 aliphatic rings. The molecule has 1 aromatic rings. The highest BCUT2D eigenvalue weighted by atomic mass is 32.1. The summed E-state index contributed by atoms with van der Waals surface area (Å²) in [6, 6.07) is 1.72. The molecule has 7 heteroatoms. The largest absolute Gasteiger partial charge is 0.481 e. The van der Waals surface area contributed by atoms with Gasteiger partial charge in [0.15, 0.2) is 0 Å². The van der Waals surface area contributed by atoms with Crippen LogP contribution >= 0.6 is 11.3 Å². The number of carboxylic acids is 1. The molecule has 1 heterocycles. The van der Waals surface area contributed by atoms with Gasteiger partial charge in [0.1, 0.15) is 5.00 Å². The van der Waals surface area contributed by atoms with E-state index in [0.29, 0.717) is 10.6 Å². The predicted molar refractivity (Wildman–Crippen MR) is 93.6 cm³/mol. The van der Waals surface area contributed by atoms with Gasteiger partial charge in [-0.2, -0.15) is 0 Å². The summed E-state index contributed by atoms with van der Waals surface area (Å²) in [4.78, 5) is 37.5. The van der Waals surface area contributed by atoms with Crippen molar-refractivity contribution in [1.29, 1.82) is 0 Å². The summed E-state index contributed by atoms with van der Waals surface area (Å²) in [5, 5.41) is 12.8. The highest BCUT2D eigenvalue weighted by molar-refractivity contribution is 7.16. The summed E-state index contributed by atoms with van der Waals surface area (Å²) in [6.45, 7) is 1.96. The number of fused-ring (bicyclic) bond motifs is 2. The van der Waals surface area contributed by atoms with Crippen molar-refractivity contribution in [3.63, 3.8) is 0 Å². The van der Waals surface area contributed by atoms with Crippen molar-refractivity contribution in [3.05, 3.63) is 28.7 Å². The van der Waals surface area contributed by atoms with Gasteiger partial charge in [0.05, 0.1) is 24.5 Å². The molecule has 0 unspecified atom stereocenters. The number of thiophene rings is 1. The molecule has 4 rings (SSSR count). The van der Waals surface area contributed by atoms with E-state index in [1.54, 1.807) is 6.07 Å². The lowest BCUT2D eigenvalue weighted by atomic mass is 9.62. The van der Waals surface area contributed by atoms with Crippen LogP contribution in [0.4, 0.5) is 5.00 Å². The fourth-order valence-electron chi connectivity index (χ4n) is 3.85. The van der Waals surface area contributed by atoms with Crippen LogP contribution in [0.25, 0.3) is 0 Å². The van der Waals surface area contributed by atoms with Gasteiger partial charge in [0.2, 0.25) is 5.91 Å². The van der Waals surface area contributed by atoms with Gasteiger partial charge in [0, 0.05) is 4.88 Å². The Hall–Kier alpha value is -2.15. The molecule has 0 radical (unpaired) electrons. The number of carbonyl (C=O) groups excluding carboxylic acids is 2. The number of aryl methyl sites for hydroxylation is 1. The zero-order valence-corrected chi connectivity index (χ0v) is 15.0. The fourth-order valence-corrected chi connectivity index (χ4v) is 4.84. The van der Waals surface area contributed by atoms with Gasteiger partial charge < -0.3 is 15.2 Å². The van der Waals surface area contributed by atoms with Gasteiger partial charge in [-0.05, 0) is 37.2 Å². The Morgan fingerprint density at radius 3 is 2.40 bits per heavy atom. The smallest absolute Gasteiger partial charge is 0.340 e. The molecule has 134 valence electrons. The Morgan fingerprint density at radius 1 is 1.24 bits per heavy atom. The molecule has 1 fully saturated rings. The molecule has 1 amide bonds. The van der Waals surface area contributed by atoms with Gasteiger partial charge in [-0.1, -0.05) is 19.1 Å². The lowest BCUT2D eigenvalue weighted by Crippen LogP contribution is -2.47. The number of ether oxygens (including phenoxy) is 1. The maximum atomic E-state index is 12.9. The van der Waals surface area contributed by atoms with Crippen molar-refractivity contribution in [2.45, 2.75) is 26.2 Å². The quantitative estimate of drug-likeness (QED) is 0.620. The maximum Gasteiger partial charge on any atom is 0.340 e. The van der Waals surface area contributed by atoms with Gasteiger partial charge in [0.25, 0.3) is 0 Å². The van der Waals surface area contributed by atoms with Crippen LogP contribution in [0.1, 0.15) is 35.0 Å². The molecule has 0 aromatic carbocycles. The standard InChI is InChI=1S/C18H21NO5S/c1-3-11-8-12(18(23)24-2)16(25-11)19-15(20)13-9-4-6-10(7-5-9)14(13)17(21)22/h4,6,8-10,13-14H,3,5,7H2,1-2H3,(H,19,20)(H,21,22)/t9-,10+,13-,14+/m1/s1. The molecule has 1 saturated carbocycles. The second-order valence-electron chi connectivity index (χ2n) is 6.47. The summed E-state index contributed by atoms with van der Waals surface area (Å²) in [5.41, 5.74) is 0.320. The van der Waals surface area contributed by atoms with E-state index in [4.69, 9.17) is 4.74 Å². The zero-order chi connectivity index (χ0) is 18.1. The third-order valence-corrected chi connectivity index (χ3v) is 6.30. The number of aliphatic carboxylic acids is 1. The monoisotopic (exact) mass is 363 g/mol. The van der Waals surface area contributed by atoms with E-state index in [-0.39, 0.29) is 17.7 Å². The average molecular weight is 363 g/mol. The molecular weight excluding hydrogens is 342 g/mol. The third-order valence-electron chi connectivity index (χ3n) is 5.11. The number of carboxylic acid groups (broad SMARTS) is 1. The van der Waals surface area contributed by atoms with Gasteiger partial charge >= 0.3 is 11.9 Å². The number of esters is 1. The number of anilines is 1. The molecule has 0 saturated heterocycles. The molecule has 0 spiro atoms. The minimum absolute atomic E-state index is 0.0710. The summed E-state index contributed by atoms with van der Waals surface area (Å²) in [5.74, 6) is -3.28. The maximum absolute atomic E-state index is 12.9. The van der Waals surface area contributed by atoms with Gasteiger partial charge in [-0.25, -0.2) is 4.79 Å². The van der Waals surface area contributed by atoms with Crippen LogP contribution in [-0.2, 0) is 20.7 Å². The van der Waals surface area contributed by atoms with E-state index in [1.165, 1.54) is 18.4 Å². The van der Waals surface area contributed by atoms with E-state index in [9.17, 15) is 19.5 Å². The van der Waals surface area contributed by atoms with Gasteiger partial charge in [-0.15, -0.1) is 11.3 Å². The van der Waals surface area contributed by atoms with E-state index in [0.717, 1.165) is 24.1 Å². The average Bonchev–Trinajstić information content (AvgIpc) is 3.03. The Bertz CT molecular complexity index is 738. The molecule has 1 aromatic heterocycles. The van der Waals surface area contributed by atoms with E-state index < -0.39 is 23.8 Å². The van der Waals surface area contributed by atoms with Crippen LogP contribution in [0.2, 0.25) is 0 Å². The number of allylic oxidation sites excluding steroid dienone is 2. The fraction of sp³-hybridized carbons (Fsp3) is 0.500. The number of amides is 1. The minimum atomic E-state index is -0.937. The van der Waals surface area contributed by atoms with Crippen LogP contribution in [0.3, 0.4) is 0 Å². The first-order chi connectivity index (χ1) is 12.0. The third kappa shape index (κ3) is 3.20. The first-order valence-corrected chi connectivity index (χ1v) is 9.20. The van der Waals surface area contributed by atoms with Crippen molar-refractivity contribution in [2.24, 2.45) is 23.7 Å². The summed E-state index contributed by atoms with van der Waals surface area (Å²) in [7, 11) is 1.29. The second-order valence-corrected chi connectivity index (χ2v) is 7.61. The van der Waals surface area contributed by atoms with Gasteiger partial charge in [-0.3, -0.25) is 9.59 Å². The lowest BCUT2D eigenvalue weighted by Gasteiger charge is -2.41. The second kappa shape index (κ2) is 7.00. The zero-order valence-electron chi connectivity index (χ0n) is 14.2. The van der Waals surface area contributed by atoms with Crippen LogP contribution in [-0.4, -0.2) is 30.1 Å². The highest BCUT2D eigenvalue weighted by Gasteiger charge is 2.48. The number of rotatable bonds is 5. The topological polar surface area (TPSA) is 92.7 Å². The van der Waals surface area contributed by atoms with E-state index >= 15 is 0 Å². The van der Waals surface area contributed by atoms with Crippen LogP contribution in [0, 0.1) is 23.7 Å². The van der Waals surface area contributed by atoms with Crippen molar-refractivity contribution in [1.82, 2.24) is 0 Å². The number of hydrogen-bond donors (Lipinski definition) is 2. The summed E-state index contributed by atoms with van der Waals surface area (Å²) in [6.07, 6.45) is 6.24. The molecule has 25 heavy (non-hydrogen) atoms. The van der Waals surface area contributed by atoms with Crippen molar-refractivity contribution in [2.75, 3.05) is 12.4 Å². The van der Waals surface area contributed by atoms with Crippen molar-refractivity contribution >= 4 is 34.2 Å². The van der Waals surface area contributed by atoms with Crippen LogP contribution in [0.5, 0.6) is 0 Å². The molecule has 4 atom stereocenters. The molecule has 6 nitrogen and oxygen atoms in total. The summed E-state index contributed by atoms with van der Waals surface area (Å²) >= 11 is 1.33. The van der Waals surface area contributed by atoms with Crippen LogP contribution < -0.4 is 5.32 Å². The predicted octanol–water partition coefficient (Wildman–Crippen LogP) is 2.95. The SMILES string of the molecule is CCc1cc(C(=O)OC)c(NC(=O)[C@H]2[C@@H](C(=O)O)[C@H]3C=C[C@@H]2CC3)s1. The molecule has 2 N–H and O–H groups in total. The first-order valence-electron chi connectivity index (χ1n) is 8.39. The Balaban J connectivity index is 1.87. The molecule has 2 bridgehead atoms. The normalized spacial score (nSPS) is 27.1. The van der Waals surface area contributed by atoms with Crippen LogP contribution in [0.15, 0.2) is 18.2 Å². The Morgan fingerprint density at radius 2 is 1.88 bits per heavy atom. The Kier molecular flexibility index (Phi) is 4.94. The van der Waals surface area contributed by atoms with Crippen molar-refractivity contribution in [3.8, 4) is 0 Å². The minimum Gasteiger partial charge on any atom is -0.481 e. The first kappa shape index (κ1) is 17.7. The number of methoxy groups -OCH3 is 1. The highest BCUT2D eigenvalue weighted by Crippen LogP contribution is 2.45. The number of hydrogen-bond acceptors (Lipinski definition) is 5. The lowest BCUT2D eigenvalue weighted by molar-refractivity contribution is -0.151. The van der Waals surface area contributed by atoms with E-state index in [1.807, 2.05) is 19.1 Å².